The van der Waals surface area contributed by atoms with Gasteiger partial charge in [0.15, 0.2) is 0 Å². The summed E-state index contributed by atoms with van der Waals surface area (Å²) >= 11 is 0. The van der Waals surface area contributed by atoms with Crippen molar-refractivity contribution in [2.45, 2.75) is 25.3 Å². The van der Waals surface area contributed by atoms with Gasteiger partial charge in [-0.1, -0.05) is 30.3 Å². The number of benzene rings is 1. The second kappa shape index (κ2) is 6.77. The van der Waals surface area contributed by atoms with Gasteiger partial charge in [0.2, 0.25) is 0 Å². The van der Waals surface area contributed by atoms with E-state index in [2.05, 4.69) is 63.1 Å². The molecule has 2 unspecified atom stereocenters. The van der Waals surface area contributed by atoms with Crippen LogP contribution < -0.4 is 9.80 Å². The highest BCUT2D eigenvalue weighted by Gasteiger charge is 2.31. The third kappa shape index (κ3) is 3.08. The standard InChI is InChI=1S/C19H24N4O/c1-15-11-17(16-5-3-2-4-6-16)13-23(15)19-12-18(20-14-21-19)22-7-9-24-10-8-22/h2-6,12,14-15,17H,7-11,13H2,1H3. The van der Waals surface area contributed by atoms with Gasteiger partial charge in [0, 0.05) is 37.7 Å². The summed E-state index contributed by atoms with van der Waals surface area (Å²) in [6.45, 7) is 6.66. The molecule has 0 bridgehead atoms. The first-order valence-corrected chi connectivity index (χ1v) is 8.77. The summed E-state index contributed by atoms with van der Waals surface area (Å²) in [6, 6.07) is 13.4. The van der Waals surface area contributed by atoms with E-state index in [0.29, 0.717) is 12.0 Å². The zero-order valence-electron chi connectivity index (χ0n) is 14.1. The second-order valence-electron chi connectivity index (χ2n) is 6.68. The summed E-state index contributed by atoms with van der Waals surface area (Å²) in [4.78, 5) is 13.7. The monoisotopic (exact) mass is 324 g/mol. The molecule has 2 fully saturated rings. The first-order chi connectivity index (χ1) is 11.8. The molecule has 4 rings (SSSR count). The number of nitrogens with zero attached hydrogens (tertiary/aromatic N) is 4. The van der Waals surface area contributed by atoms with Crippen LogP contribution in [0.1, 0.15) is 24.8 Å². The molecular formula is C19H24N4O. The van der Waals surface area contributed by atoms with Gasteiger partial charge in [-0.2, -0.15) is 0 Å². The zero-order chi connectivity index (χ0) is 16.4. The molecule has 0 saturated carbocycles. The maximum Gasteiger partial charge on any atom is 0.134 e. The van der Waals surface area contributed by atoms with Gasteiger partial charge in [-0.15, -0.1) is 0 Å². The molecule has 1 aromatic heterocycles. The van der Waals surface area contributed by atoms with Crippen LogP contribution in [0, 0.1) is 0 Å². The van der Waals surface area contributed by atoms with Crippen LogP contribution in [0.5, 0.6) is 0 Å². The van der Waals surface area contributed by atoms with E-state index in [9.17, 15) is 0 Å². The van der Waals surface area contributed by atoms with Crippen LogP contribution in [0.4, 0.5) is 11.6 Å². The molecular weight excluding hydrogens is 300 g/mol. The van der Waals surface area contributed by atoms with E-state index in [1.54, 1.807) is 6.33 Å². The van der Waals surface area contributed by atoms with E-state index in [0.717, 1.165) is 44.5 Å². The van der Waals surface area contributed by atoms with Crippen LogP contribution in [-0.4, -0.2) is 48.9 Å². The molecule has 5 nitrogen and oxygen atoms in total. The molecule has 1 aromatic carbocycles. The number of hydrogen-bond acceptors (Lipinski definition) is 5. The van der Waals surface area contributed by atoms with Crippen molar-refractivity contribution in [3.05, 3.63) is 48.3 Å². The summed E-state index contributed by atoms with van der Waals surface area (Å²) in [6.07, 6.45) is 2.86. The summed E-state index contributed by atoms with van der Waals surface area (Å²) in [5.41, 5.74) is 1.43. The summed E-state index contributed by atoms with van der Waals surface area (Å²) in [5, 5.41) is 0. The van der Waals surface area contributed by atoms with E-state index >= 15 is 0 Å². The van der Waals surface area contributed by atoms with Gasteiger partial charge in [0.05, 0.1) is 13.2 Å². The molecule has 2 aliphatic heterocycles. The Hall–Kier alpha value is -2.14. The second-order valence-corrected chi connectivity index (χ2v) is 6.68. The topological polar surface area (TPSA) is 41.5 Å². The maximum atomic E-state index is 5.44. The van der Waals surface area contributed by atoms with E-state index in [1.165, 1.54) is 12.0 Å². The smallest absolute Gasteiger partial charge is 0.134 e. The molecule has 0 amide bonds. The van der Waals surface area contributed by atoms with Crippen LogP contribution in [0.3, 0.4) is 0 Å². The van der Waals surface area contributed by atoms with Gasteiger partial charge in [0.25, 0.3) is 0 Å². The lowest BCUT2D eigenvalue weighted by Gasteiger charge is -2.29. The van der Waals surface area contributed by atoms with Crippen LogP contribution >= 0.6 is 0 Å². The maximum absolute atomic E-state index is 5.44. The minimum atomic E-state index is 0.489. The number of rotatable bonds is 3. The number of morpholine rings is 1. The lowest BCUT2D eigenvalue weighted by molar-refractivity contribution is 0.122. The molecule has 2 aliphatic rings. The van der Waals surface area contributed by atoms with E-state index in [1.807, 2.05) is 0 Å². The van der Waals surface area contributed by atoms with Crippen LogP contribution in [0.25, 0.3) is 0 Å². The fourth-order valence-corrected chi connectivity index (χ4v) is 3.78. The quantitative estimate of drug-likeness (QED) is 0.868. The molecule has 0 radical (unpaired) electrons. The predicted molar refractivity (Wildman–Crippen MR) is 95.7 cm³/mol. The number of aromatic nitrogens is 2. The Morgan fingerprint density at radius 2 is 1.79 bits per heavy atom. The van der Waals surface area contributed by atoms with Crippen molar-refractivity contribution in [1.29, 1.82) is 0 Å². The number of hydrogen-bond donors (Lipinski definition) is 0. The van der Waals surface area contributed by atoms with Crippen molar-refractivity contribution in [2.24, 2.45) is 0 Å². The average molecular weight is 324 g/mol. The Bertz CT molecular complexity index is 672. The highest BCUT2D eigenvalue weighted by molar-refractivity contribution is 5.52. The molecule has 0 N–H and O–H groups in total. The number of anilines is 2. The molecule has 3 heterocycles. The first-order valence-electron chi connectivity index (χ1n) is 8.77. The molecule has 24 heavy (non-hydrogen) atoms. The van der Waals surface area contributed by atoms with Gasteiger partial charge in [-0.3, -0.25) is 0 Å². The Labute approximate surface area is 143 Å². The van der Waals surface area contributed by atoms with Crippen molar-refractivity contribution in [3.63, 3.8) is 0 Å². The normalized spacial score (nSPS) is 24.4. The Kier molecular flexibility index (Phi) is 4.34. The Morgan fingerprint density at radius 1 is 1.04 bits per heavy atom. The van der Waals surface area contributed by atoms with Crippen LogP contribution in [0.2, 0.25) is 0 Å². The van der Waals surface area contributed by atoms with Gasteiger partial charge >= 0.3 is 0 Å². The van der Waals surface area contributed by atoms with E-state index in [-0.39, 0.29) is 0 Å². The van der Waals surface area contributed by atoms with Gasteiger partial charge in [0.1, 0.15) is 18.0 Å². The zero-order valence-corrected chi connectivity index (χ0v) is 14.1. The lowest BCUT2D eigenvalue weighted by atomic mass is 9.97. The van der Waals surface area contributed by atoms with E-state index in [4.69, 9.17) is 4.74 Å². The lowest BCUT2D eigenvalue weighted by Crippen LogP contribution is -2.37. The van der Waals surface area contributed by atoms with Crippen molar-refractivity contribution >= 4 is 11.6 Å². The molecule has 5 heteroatoms. The Morgan fingerprint density at radius 3 is 2.58 bits per heavy atom. The highest BCUT2D eigenvalue weighted by atomic mass is 16.5. The van der Waals surface area contributed by atoms with Gasteiger partial charge in [-0.05, 0) is 18.9 Å². The molecule has 2 saturated heterocycles. The third-order valence-corrected chi connectivity index (χ3v) is 5.11. The summed E-state index contributed by atoms with van der Waals surface area (Å²) < 4.78 is 5.44. The van der Waals surface area contributed by atoms with Crippen molar-refractivity contribution in [3.8, 4) is 0 Å². The van der Waals surface area contributed by atoms with Crippen LogP contribution in [-0.2, 0) is 4.74 Å². The van der Waals surface area contributed by atoms with Gasteiger partial charge in [-0.25, -0.2) is 9.97 Å². The van der Waals surface area contributed by atoms with Crippen molar-refractivity contribution in [2.75, 3.05) is 42.6 Å². The molecule has 0 aliphatic carbocycles. The minimum absolute atomic E-state index is 0.489. The van der Waals surface area contributed by atoms with E-state index < -0.39 is 0 Å². The van der Waals surface area contributed by atoms with Crippen molar-refractivity contribution in [1.82, 2.24) is 9.97 Å². The summed E-state index contributed by atoms with van der Waals surface area (Å²) in [7, 11) is 0. The third-order valence-electron chi connectivity index (χ3n) is 5.11. The predicted octanol–water partition coefficient (Wildman–Crippen LogP) is 2.70. The van der Waals surface area contributed by atoms with Gasteiger partial charge < -0.3 is 14.5 Å². The van der Waals surface area contributed by atoms with Crippen molar-refractivity contribution < 1.29 is 4.74 Å². The Balaban J connectivity index is 1.53. The largest absolute Gasteiger partial charge is 0.378 e. The molecule has 2 aromatic rings. The first kappa shape index (κ1) is 15.4. The molecule has 126 valence electrons. The highest BCUT2D eigenvalue weighted by Crippen LogP contribution is 2.34. The average Bonchev–Trinajstić information content (AvgIpc) is 3.05. The van der Waals surface area contributed by atoms with Crippen LogP contribution in [0.15, 0.2) is 42.7 Å². The fraction of sp³-hybridized carbons (Fsp3) is 0.474. The summed E-state index contributed by atoms with van der Waals surface area (Å²) in [5.74, 6) is 2.62. The number of ether oxygens (including phenoxy) is 1. The minimum Gasteiger partial charge on any atom is -0.378 e. The molecule has 0 spiro atoms. The molecule has 2 atom stereocenters. The SMILES string of the molecule is CC1CC(c2ccccc2)CN1c1cc(N2CCOCC2)ncn1. The fourth-order valence-electron chi connectivity index (χ4n) is 3.78.